The van der Waals surface area contributed by atoms with Gasteiger partial charge in [-0.2, -0.15) is 5.10 Å². The minimum Gasteiger partial charge on any atom is -0.462 e. The number of hydrogen-bond donors (Lipinski definition) is 1. The number of aromatic nitrogens is 3. The molecule has 0 aliphatic carbocycles. The summed E-state index contributed by atoms with van der Waals surface area (Å²) in [7, 11) is 1.62. The quantitative estimate of drug-likeness (QED) is 0.630. The van der Waals surface area contributed by atoms with E-state index in [1.54, 1.807) is 20.0 Å². The van der Waals surface area contributed by atoms with E-state index in [2.05, 4.69) is 10.4 Å². The van der Waals surface area contributed by atoms with E-state index in [0.717, 1.165) is 22.0 Å². The largest absolute Gasteiger partial charge is 0.462 e. The lowest BCUT2D eigenvalue weighted by molar-refractivity contribution is -0.119. The van der Waals surface area contributed by atoms with Gasteiger partial charge < -0.3 is 10.1 Å². The van der Waals surface area contributed by atoms with Crippen molar-refractivity contribution in [2.75, 3.05) is 11.9 Å². The maximum absolute atomic E-state index is 13.3. The van der Waals surface area contributed by atoms with Crippen LogP contribution in [0, 0.1) is 13.8 Å². The molecule has 8 heteroatoms. The first-order chi connectivity index (χ1) is 14.3. The Bertz CT molecular complexity index is 1180. The van der Waals surface area contributed by atoms with Gasteiger partial charge in [0.05, 0.1) is 18.3 Å². The van der Waals surface area contributed by atoms with Gasteiger partial charge in [0.1, 0.15) is 17.4 Å². The van der Waals surface area contributed by atoms with Gasteiger partial charge in [0.2, 0.25) is 5.91 Å². The predicted molar refractivity (Wildman–Crippen MR) is 115 cm³/mol. The van der Waals surface area contributed by atoms with Gasteiger partial charge in [-0.05, 0) is 38.3 Å². The lowest BCUT2D eigenvalue weighted by atomic mass is 10.0. The first-order valence-electron chi connectivity index (χ1n) is 9.91. The number of hydrogen-bond acceptors (Lipinski definition) is 5. The third kappa shape index (κ3) is 3.72. The molecule has 0 aliphatic rings. The van der Waals surface area contributed by atoms with Crippen LogP contribution in [-0.2, 0) is 16.6 Å². The minimum atomic E-state index is -0.758. The number of esters is 1. The number of fused-ring (bicyclic) bond motifs is 1. The number of para-hydroxylation sites is 1. The van der Waals surface area contributed by atoms with Crippen molar-refractivity contribution in [1.29, 1.82) is 0 Å². The molecule has 0 bridgehead atoms. The van der Waals surface area contributed by atoms with Crippen molar-refractivity contribution in [3.63, 3.8) is 0 Å². The van der Waals surface area contributed by atoms with Gasteiger partial charge in [-0.15, -0.1) is 0 Å². The van der Waals surface area contributed by atoms with Gasteiger partial charge in [0, 0.05) is 18.5 Å². The summed E-state index contributed by atoms with van der Waals surface area (Å²) in [4.78, 5) is 38.4. The number of amides is 1. The van der Waals surface area contributed by atoms with Gasteiger partial charge in [0.25, 0.3) is 5.56 Å². The number of benzene rings is 1. The van der Waals surface area contributed by atoms with E-state index in [-0.39, 0.29) is 23.5 Å². The number of carbonyl (C=O) groups is 2. The van der Waals surface area contributed by atoms with Crippen molar-refractivity contribution in [2.24, 2.45) is 7.05 Å². The second-order valence-electron chi connectivity index (χ2n) is 7.17. The molecule has 1 unspecified atom stereocenters. The summed E-state index contributed by atoms with van der Waals surface area (Å²) >= 11 is 0. The molecular formula is C22H26N4O4. The van der Waals surface area contributed by atoms with Gasteiger partial charge >= 0.3 is 5.97 Å². The average molecular weight is 410 g/mol. The van der Waals surface area contributed by atoms with Crippen LogP contribution in [0.15, 0.2) is 35.3 Å². The Morgan fingerprint density at radius 3 is 2.60 bits per heavy atom. The maximum Gasteiger partial charge on any atom is 0.343 e. The molecular weight excluding hydrogens is 384 g/mol. The van der Waals surface area contributed by atoms with Crippen LogP contribution in [0.1, 0.15) is 47.8 Å². The van der Waals surface area contributed by atoms with Crippen molar-refractivity contribution >= 4 is 28.6 Å². The summed E-state index contributed by atoms with van der Waals surface area (Å²) in [5, 5.41) is 7.76. The monoisotopic (exact) mass is 410 g/mol. The van der Waals surface area contributed by atoms with Crippen LogP contribution in [0.3, 0.4) is 0 Å². The number of nitrogens with zero attached hydrogens (tertiary/aromatic N) is 3. The fraction of sp³-hybridized carbons (Fsp3) is 0.364. The zero-order valence-corrected chi connectivity index (χ0v) is 17.9. The van der Waals surface area contributed by atoms with E-state index in [0.29, 0.717) is 6.42 Å². The molecule has 2 aromatic heterocycles. The Morgan fingerprint density at radius 1 is 1.20 bits per heavy atom. The van der Waals surface area contributed by atoms with Crippen molar-refractivity contribution in [2.45, 2.75) is 40.2 Å². The summed E-state index contributed by atoms with van der Waals surface area (Å²) in [5.41, 5.74) is 2.43. The molecule has 2 heterocycles. The number of pyridine rings is 1. The topological polar surface area (TPSA) is 95.2 Å². The zero-order valence-electron chi connectivity index (χ0n) is 17.9. The summed E-state index contributed by atoms with van der Waals surface area (Å²) in [5.74, 6) is -0.733. The smallest absolute Gasteiger partial charge is 0.343 e. The fourth-order valence-electron chi connectivity index (χ4n) is 3.68. The predicted octanol–water partition coefficient (Wildman–Crippen LogP) is 3.12. The van der Waals surface area contributed by atoms with E-state index in [1.807, 2.05) is 39.0 Å². The van der Waals surface area contributed by atoms with Gasteiger partial charge in [-0.1, -0.05) is 25.1 Å². The number of carbonyl (C=O) groups excluding carboxylic acids is 2. The van der Waals surface area contributed by atoms with Crippen LogP contribution in [0.4, 0.5) is 5.82 Å². The van der Waals surface area contributed by atoms with E-state index in [9.17, 15) is 14.4 Å². The highest BCUT2D eigenvalue weighted by Crippen LogP contribution is 2.25. The second kappa shape index (κ2) is 8.52. The van der Waals surface area contributed by atoms with Crippen LogP contribution in [0.5, 0.6) is 0 Å². The highest BCUT2D eigenvalue weighted by atomic mass is 16.5. The summed E-state index contributed by atoms with van der Waals surface area (Å²) < 4.78 is 7.98. The molecule has 1 N–H and O–H groups in total. The van der Waals surface area contributed by atoms with Gasteiger partial charge in [0.15, 0.2) is 0 Å². The fourth-order valence-corrected chi connectivity index (χ4v) is 3.68. The SMILES string of the molecule is CCOC(=O)c1cnn(C)c1NC(=O)C(CC)n1c(=O)cc(C)c2cccc(C)c21. The standard InChI is InChI=1S/C22H26N4O4/c1-6-17(21(28)24-20-16(12-23-25(20)5)22(29)30-7-2)26-18(27)11-14(4)15-10-8-9-13(3)19(15)26/h8-12,17H,6-7H2,1-5H3,(H,24,28). The molecule has 0 saturated carbocycles. The molecule has 0 spiro atoms. The van der Waals surface area contributed by atoms with Gasteiger partial charge in [-0.25, -0.2) is 4.79 Å². The molecule has 158 valence electrons. The molecule has 1 aromatic carbocycles. The highest BCUT2D eigenvalue weighted by molar-refractivity contribution is 6.01. The minimum absolute atomic E-state index is 0.167. The van der Waals surface area contributed by atoms with Crippen LogP contribution >= 0.6 is 0 Å². The first-order valence-corrected chi connectivity index (χ1v) is 9.91. The number of aryl methyl sites for hydroxylation is 3. The molecule has 30 heavy (non-hydrogen) atoms. The van der Waals surface area contributed by atoms with E-state index in [4.69, 9.17) is 4.74 Å². The molecule has 0 radical (unpaired) electrons. The van der Waals surface area contributed by atoms with E-state index < -0.39 is 17.9 Å². The second-order valence-corrected chi connectivity index (χ2v) is 7.17. The zero-order chi connectivity index (χ0) is 22.0. The first kappa shape index (κ1) is 21.3. The van der Waals surface area contributed by atoms with Crippen molar-refractivity contribution in [1.82, 2.24) is 14.3 Å². The molecule has 1 amide bonds. The maximum atomic E-state index is 13.3. The summed E-state index contributed by atoms with van der Waals surface area (Å²) in [6.07, 6.45) is 1.75. The van der Waals surface area contributed by atoms with E-state index in [1.165, 1.54) is 15.4 Å². The molecule has 0 aliphatic heterocycles. The lowest BCUT2D eigenvalue weighted by Gasteiger charge is -2.22. The Morgan fingerprint density at radius 2 is 1.93 bits per heavy atom. The van der Waals surface area contributed by atoms with Crippen LogP contribution in [0.2, 0.25) is 0 Å². The Kier molecular flexibility index (Phi) is 6.05. The van der Waals surface area contributed by atoms with Crippen molar-refractivity contribution in [3.05, 3.63) is 57.5 Å². The molecule has 8 nitrogen and oxygen atoms in total. The average Bonchev–Trinajstić information content (AvgIpc) is 3.06. The van der Waals surface area contributed by atoms with Crippen LogP contribution in [-0.4, -0.2) is 32.8 Å². The van der Waals surface area contributed by atoms with Crippen molar-refractivity contribution < 1.29 is 14.3 Å². The molecule has 1 atom stereocenters. The number of anilines is 1. The van der Waals surface area contributed by atoms with Crippen LogP contribution in [0.25, 0.3) is 10.9 Å². The molecule has 0 fully saturated rings. The molecule has 3 aromatic rings. The Labute approximate surface area is 174 Å². The third-order valence-corrected chi connectivity index (χ3v) is 5.16. The molecule has 0 saturated heterocycles. The summed E-state index contributed by atoms with van der Waals surface area (Å²) in [6, 6.07) is 6.58. The third-order valence-electron chi connectivity index (χ3n) is 5.16. The lowest BCUT2D eigenvalue weighted by Crippen LogP contribution is -2.34. The van der Waals surface area contributed by atoms with Gasteiger partial charge in [-0.3, -0.25) is 18.8 Å². The van der Waals surface area contributed by atoms with Crippen molar-refractivity contribution in [3.8, 4) is 0 Å². The molecule has 3 rings (SSSR count). The number of nitrogens with one attached hydrogen (secondary N) is 1. The Hall–Kier alpha value is -3.42. The Balaban J connectivity index is 2.07. The number of ether oxygens (including phenoxy) is 1. The number of rotatable bonds is 6. The normalized spacial score (nSPS) is 12.0. The summed E-state index contributed by atoms with van der Waals surface area (Å²) in [6.45, 7) is 7.56. The van der Waals surface area contributed by atoms with E-state index >= 15 is 0 Å². The highest BCUT2D eigenvalue weighted by Gasteiger charge is 2.26. The van der Waals surface area contributed by atoms with Crippen LogP contribution < -0.4 is 10.9 Å².